The molecule has 0 spiro atoms. The number of amides is 2. The van der Waals surface area contributed by atoms with Crippen LogP contribution >= 0.6 is 11.3 Å². The number of nitrogens with zero attached hydrogens (tertiary/aromatic N) is 2. The summed E-state index contributed by atoms with van der Waals surface area (Å²) in [5.41, 5.74) is 0.927. The van der Waals surface area contributed by atoms with Crippen molar-refractivity contribution in [3.05, 3.63) is 16.1 Å². The standard InChI is InChI=1S/C13H21N3O2S/c1-3-16(7-11-4-5-18-8-11)13(17)14-6-12-9-19-10(2)15-12/h9,11H,3-8H2,1-2H3,(H,14,17)/t11-/m1/s1. The molecule has 2 amide bonds. The van der Waals surface area contributed by atoms with Crippen molar-refractivity contribution < 1.29 is 9.53 Å². The molecule has 2 heterocycles. The van der Waals surface area contributed by atoms with Gasteiger partial charge in [-0.25, -0.2) is 9.78 Å². The largest absolute Gasteiger partial charge is 0.381 e. The predicted molar refractivity (Wildman–Crippen MR) is 75.3 cm³/mol. The zero-order chi connectivity index (χ0) is 13.7. The number of carbonyl (C=O) groups is 1. The highest BCUT2D eigenvalue weighted by atomic mass is 32.1. The van der Waals surface area contributed by atoms with Crippen molar-refractivity contribution in [1.29, 1.82) is 0 Å². The van der Waals surface area contributed by atoms with Crippen molar-refractivity contribution in [3.63, 3.8) is 0 Å². The van der Waals surface area contributed by atoms with E-state index in [1.165, 1.54) is 0 Å². The molecule has 5 nitrogen and oxygen atoms in total. The summed E-state index contributed by atoms with van der Waals surface area (Å²) in [6.45, 7) is 7.56. The van der Waals surface area contributed by atoms with Crippen LogP contribution in [-0.2, 0) is 11.3 Å². The Labute approximate surface area is 118 Å². The molecule has 1 fully saturated rings. The van der Waals surface area contributed by atoms with Crippen molar-refractivity contribution in [3.8, 4) is 0 Å². The Morgan fingerprint density at radius 1 is 1.68 bits per heavy atom. The number of urea groups is 1. The molecule has 1 aromatic heterocycles. The summed E-state index contributed by atoms with van der Waals surface area (Å²) in [6, 6.07) is -0.0138. The summed E-state index contributed by atoms with van der Waals surface area (Å²) in [5, 5.41) is 5.94. The van der Waals surface area contributed by atoms with E-state index in [2.05, 4.69) is 10.3 Å². The summed E-state index contributed by atoms with van der Waals surface area (Å²) >= 11 is 1.60. The van der Waals surface area contributed by atoms with Gasteiger partial charge in [-0.1, -0.05) is 0 Å². The van der Waals surface area contributed by atoms with Crippen LogP contribution in [0.5, 0.6) is 0 Å². The quantitative estimate of drug-likeness (QED) is 0.899. The molecule has 0 bridgehead atoms. The van der Waals surface area contributed by atoms with E-state index in [-0.39, 0.29) is 6.03 Å². The van der Waals surface area contributed by atoms with Gasteiger partial charge in [-0.15, -0.1) is 11.3 Å². The number of aromatic nitrogens is 1. The molecule has 0 radical (unpaired) electrons. The molecule has 1 aromatic rings. The Morgan fingerprint density at radius 3 is 3.11 bits per heavy atom. The van der Waals surface area contributed by atoms with Gasteiger partial charge in [-0.05, 0) is 20.3 Å². The van der Waals surface area contributed by atoms with Gasteiger partial charge in [0.15, 0.2) is 0 Å². The monoisotopic (exact) mass is 283 g/mol. The van der Waals surface area contributed by atoms with E-state index >= 15 is 0 Å². The third-order valence-corrected chi connectivity index (χ3v) is 4.08. The lowest BCUT2D eigenvalue weighted by Gasteiger charge is -2.23. The SMILES string of the molecule is CCN(C[C@H]1CCOC1)C(=O)NCc1csc(C)n1. The van der Waals surface area contributed by atoms with Crippen LogP contribution in [0, 0.1) is 12.8 Å². The molecular formula is C13H21N3O2S. The van der Waals surface area contributed by atoms with Crippen LogP contribution in [0.1, 0.15) is 24.0 Å². The smallest absolute Gasteiger partial charge is 0.317 e. The number of hydrogen-bond acceptors (Lipinski definition) is 4. The Balaban J connectivity index is 1.79. The first-order valence-electron chi connectivity index (χ1n) is 6.70. The second-order valence-electron chi connectivity index (χ2n) is 4.78. The van der Waals surface area contributed by atoms with Crippen LogP contribution < -0.4 is 5.32 Å². The highest BCUT2D eigenvalue weighted by Crippen LogP contribution is 2.14. The summed E-state index contributed by atoms with van der Waals surface area (Å²) in [7, 11) is 0. The fourth-order valence-electron chi connectivity index (χ4n) is 2.16. The zero-order valence-corrected chi connectivity index (χ0v) is 12.3. The third-order valence-electron chi connectivity index (χ3n) is 3.26. The first kappa shape index (κ1) is 14.3. The van der Waals surface area contributed by atoms with Gasteiger partial charge >= 0.3 is 6.03 Å². The van der Waals surface area contributed by atoms with Crippen LogP contribution in [0.4, 0.5) is 4.79 Å². The number of thiazole rings is 1. The molecule has 1 saturated heterocycles. The Kier molecular flexibility index (Phi) is 5.15. The molecule has 6 heteroatoms. The van der Waals surface area contributed by atoms with Crippen LogP contribution in [0.3, 0.4) is 0 Å². The lowest BCUT2D eigenvalue weighted by Crippen LogP contribution is -2.42. The molecular weight excluding hydrogens is 262 g/mol. The third kappa shape index (κ3) is 4.18. The molecule has 19 heavy (non-hydrogen) atoms. The maximum Gasteiger partial charge on any atom is 0.317 e. The first-order chi connectivity index (χ1) is 9.19. The van der Waals surface area contributed by atoms with E-state index < -0.39 is 0 Å². The highest BCUT2D eigenvalue weighted by Gasteiger charge is 2.21. The van der Waals surface area contributed by atoms with Crippen LogP contribution in [-0.4, -0.2) is 42.2 Å². The zero-order valence-electron chi connectivity index (χ0n) is 11.5. The van der Waals surface area contributed by atoms with E-state index in [1.54, 1.807) is 11.3 Å². The minimum atomic E-state index is -0.0138. The fraction of sp³-hybridized carbons (Fsp3) is 0.692. The minimum Gasteiger partial charge on any atom is -0.381 e. The second kappa shape index (κ2) is 6.86. The Morgan fingerprint density at radius 2 is 2.53 bits per heavy atom. The van der Waals surface area contributed by atoms with Crippen LogP contribution in [0.2, 0.25) is 0 Å². The molecule has 2 rings (SSSR count). The van der Waals surface area contributed by atoms with Crippen molar-refractivity contribution in [2.24, 2.45) is 5.92 Å². The average molecular weight is 283 g/mol. The lowest BCUT2D eigenvalue weighted by atomic mass is 10.1. The normalized spacial score (nSPS) is 18.5. The summed E-state index contributed by atoms with van der Waals surface area (Å²) < 4.78 is 5.35. The maximum atomic E-state index is 12.1. The van der Waals surface area contributed by atoms with Gasteiger partial charge in [-0.2, -0.15) is 0 Å². The number of nitrogens with one attached hydrogen (secondary N) is 1. The maximum absolute atomic E-state index is 12.1. The van der Waals surface area contributed by atoms with E-state index in [0.29, 0.717) is 12.5 Å². The first-order valence-corrected chi connectivity index (χ1v) is 7.58. The molecule has 1 aliphatic rings. The summed E-state index contributed by atoms with van der Waals surface area (Å²) in [6.07, 6.45) is 1.05. The van der Waals surface area contributed by atoms with E-state index in [9.17, 15) is 4.79 Å². The number of rotatable bonds is 5. The average Bonchev–Trinajstić information content (AvgIpc) is 3.04. The Bertz CT molecular complexity index is 416. The van der Waals surface area contributed by atoms with Crippen molar-refractivity contribution in [2.75, 3.05) is 26.3 Å². The lowest BCUT2D eigenvalue weighted by molar-refractivity contribution is 0.166. The number of hydrogen-bond donors (Lipinski definition) is 1. The van der Waals surface area contributed by atoms with Gasteiger partial charge in [0.05, 0.1) is 23.9 Å². The van der Waals surface area contributed by atoms with E-state index in [1.807, 2.05) is 24.1 Å². The van der Waals surface area contributed by atoms with Crippen molar-refractivity contribution in [2.45, 2.75) is 26.8 Å². The molecule has 0 saturated carbocycles. The number of ether oxygens (including phenoxy) is 1. The molecule has 1 aliphatic heterocycles. The number of carbonyl (C=O) groups excluding carboxylic acids is 1. The van der Waals surface area contributed by atoms with Crippen molar-refractivity contribution in [1.82, 2.24) is 15.2 Å². The van der Waals surface area contributed by atoms with Crippen LogP contribution in [0.15, 0.2) is 5.38 Å². The van der Waals surface area contributed by atoms with Gasteiger partial charge < -0.3 is 15.0 Å². The second-order valence-corrected chi connectivity index (χ2v) is 5.85. The number of aryl methyl sites for hydroxylation is 1. The molecule has 0 unspecified atom stereocenters. The van der Waals surface area contributed by atoms with Crippen molar-refractivity contribution >= 4 is 17.4 Å². The predicted octanol–water partition coefficient (Wildman–Crippen LogP) is 2.02. The molecule has 1 atom stereocenters. The summed E-state index contributed by atoms with van der Waals surface area (Å²) in [5.74, 6) is 0.479. The fourth-order valence-corrected chi connectivity index (χ4v) is 2.77. The molecule has 106 valence electrons. The molecule has 0 aliphatic carbocycles. The highest BCUT2D eigenvalue weighted by molar-refractivity contribution is 7.09. The molecule has 1 N–H and O–H groups in total. The van der Waals surface area contributed by atoms with Gasteiger partial charge in [-0.3, -0.25) is 0 Å². The van der Waals surface area contributed by atoms with E-state index in [4.69, 9.17) is 4.74 Å². The van der Waals surface area contributed by atoms with Gasteiger partial charge in [0, 0.05) is 31.0 Å². The summed E-state index contributed by atoms with van der Waals surface area (Å²) in [4.78, 5) is 18.3. The van der Waals surface area contributed by atoms with E-state index in [0.717, 1.165) is 43.4 Å². The van der Waals surface area contributed by atoms with Gasteiger partial charge in [0.2, 0.25) is 0 Å². The van der Waals surface area contributed by atoms with Crippen LogP contribution in [0.25, 0.3) is 0 Å². The van der Waals surface area contributed by atoms with Gasteiger partial charge in [0.25, 0.3) is 0 Å². The Hall–Kier alpha value is -1.14. The topological polar surface area (TPSA) is 54.5 Å². The van der Waals surface area contributed by atoms with Gasteiger partial charge in [0.1, 0.15) is 0 Å². The molecule has 0 aromatic carbocycles. The minimum absolute atomic E-state index is 0.0138.